The van der Waals surface area contributed by atoms with Crippen molar-refractivity contribution in [3.63, 3.8) is 0 Å². The molecule has 3 nitrogen and oxygen atoms in total. The van der Waals surface area contributed by atoms with E-state index in [1.807, 2.05) is 29.2 Å². The van der Waals surface area contributed by atoms with Crippen LogP contribution in [-0.2, 0) is 11.2 Å². The molecule has 1 N–H and O–H groups in total. The van der Waals surface area contributed by atoms with Crippen LogP contribution in [0.25, 0.3) is 0 Å². The molecule has 0 spiro atoms. The average molecular weight is 331 g/mol. The number of likely N-dealkylation sites (tertiary alicyclic amines) is 1. The number of nitrogens with one attached hydrogen (secondary N) is 1. The summed E-state index contributed by atoms with van der Waals surface area (Å²) in [6.07, 6.45) is 2.67. The molecule has 0 aromatic heterocycles. The molecule has 118 valence electrons. The largest absolute Gasteiger partial charge is 0.342 e. The van der Waals surface area contributed by atoms with Gasteiger partial charge in [0.25, 0.3) is 0 Å². The zero-order valence-corrected chi connectivity index (χ0v) is 14.1. The van der Waals surface area contributed by atoms with Crippen molar-refractivity contribution in [1.29, 1.82) is 0 Å². The first kappa shape index (κ1) is 18.3. The van der Waals surface area contributed by atoms with Gasteiger partial charge in [0.15, 0.2) is 0 Å². The van der Waals surface area contributed by atoms with E-state index in [9.17, 15) is 4.79 Å². The van der Waals surface area contributed by atoms with Gasteiger partial charge in [0.1, 0.15) is 0 Å². The molecule has 5 heteroatoms. The van der Waals surface area contributed by atoms with Crippen molar-refractivity contribution in [2.45, 2.75) is 26.2 Å². The SMILES string of the molecule is CCNCC1CCN(C(=O)Cc2cccc(Cl)c2)CC1.Cl. The number of carbonyl (C=O) groups is 1. The number of nitrogens with zero attached hydrogens (tertiary/aromatic N) is 1. The van der Waals surface area contributed by atoms with Gasteiger partial charge in [0.05, 0.1) is 6.42 Å². The average Bonchev–Trinajstić information content (AvgIpc) is 2.45. The molecule has 1 heterocycles. The molecule has 1 aromatic carbocycles. The highest BCUT2D eigenvalue weighted by Gasteiger charge is 2.22. The molecule has 0 atom stereocenters. The summed E-state index contributed by atoms with van der Waals surface area (Å²) >= 11 is 5.95. The van der Waals surface area contributed by atoms with Crippen molar-refractivity contribution in [3.05, 3.63) is 34.9 Å². The summed E-state index contributed by atoms with van der Waals surface area (Å²) in [7, 11) is 0. The fourth-order valence-corrected chi connectivity index (χ4v) is 2.88. The van der Waals surface area contributed by atoms with Crippen LogP contribution in [0, 0.1) is 5.92 Å². The number of amides is 1. The Morgan fingerprint density at radius 1 is 1.38 bits per heavy atom. The Labute approximate surface area is 138 Å². The third-order valence-corrected chi connectivity index (χ3v) is 4.13. The standard InChI is InChI=1S/C16H23ClN2O.ClH/c1-2-18-12-13-6-8-19(9-7-13)16(20)11-14-4-3-5-15(17)10-14;/h3-5,10,13,18H,2,6-9,11-12H2,1H3;1H. The lowest BCUT2D eigenvalue weighted by Crippen LogP contribution is -2.41. The Bertz CT molecular complexity index is 446. The highest BCUT2D eigenvalue weighted by atomic mass is 35.5. The topological polar surface area (TPSA) is 32.3 Å². The Kier molecular flexibility index (Phi) is 8.09. The maximum Gasteiger partial charge on any atom is 0.226 e. The maximum atomic E-state index is 12.3. The molecule has 1 aromatic rings. The Morgan fingerprint density at radius 2 is 2.10 bits per heavy atom. The van der Waals surface area contributed by atoms with Crippen LogP contribution in [0.4, 0.5) is 0 Å². The van der Waals surface area contributed by atoms with Gasteiger partial charge in [0.2, 0.25) is 5.91 Å². The van der Waals surface area contributed by atoms with Crippen LogP contribution in [0.2, 0.25) is 5.02 Å². The normalized spacial score (nSPS) is 15.6. The van der Waals surface area contributed by atoms with Gasteiger partial charge in [-0.1, -0.05) is 30.7 Å². The van der Waals surface area contributed by atoms with Gasteiger partial charge >= 0.3 is 0 Å². The number of halogens is 2. The molecule has 0 radical (unpaired) electrons. The number of carbonyl (C=O) groups excluding carboxylic acids is 1. The highest BCUT2D eigenvalue weighted by Crippen LogP contribution is 2.18. The molecular weight excluding hydrogens is 307 g/mol. The second kappa shape index (κ2) is 9.29. The van der Waals surface area contributed by atoms with E-state index < -0.39 is 0 Å². The summed E-state index contributed by atoms with van der Waals surface area (Å²) in [5.41, 5.74) is 0.997. The molecule has 21 heavy (non-hydrogen) atoms. The van der Waals surface area contributed by atoms with Crippen LogP contribution in [0.5, 0.6) is 0 Å². The molecule has 0 unspecified atom stereocenters. The van der Waals surface area contributed by atoms with Crippen molar-refractivity contribution >= 4 is 29.9 Å². The smallest absolute Gasteiger partial charge is 0.226 e. The second-order valence-corrected chi connectivity index (χ2v) is 5.87. The van der Waals surface area contributed by atoms with E-state index in [-0.39, 0.29) is 18.3 Å². The molecular formula is C16H24Cl2N2O. The Hall–Kier alpha value is -0.770. The van der Waals surface area contributed by atoms with E-state index >= 15 is 0 Å². The van der Waals surface area contributed by atoms with E-state index in [2.05, 4.69) is 12.2 Å². The van der Waals surface area contributed by atoms with Crippen LogP contribution in [0.15, 0.2) is 24.3 Å². The third kappa shape index (κ3) is 5.85. The number of rotatable bonds is 5. The van der Waals surface area contributed by atoms with E-state index in [0.717, 1.165) is 44.6 Å². The predicted molar refractivity (Wildman–Crippen MR) is 90.3 cm³/mol. The summed E-state index contributed by atoms with van der Waals surface area (Å²) in [5, 5.41) is 4.08. The van der Waals surface area contributed by atoms with Crippen LogP contribution >= 0.6 is 24.0 Å². The van der Waals surface area contributed by atoms with Crippen LogP contribution < -0.4 is 5.32 Å². The molecule has 1 fully saturated rings. The molecule has 1 aliphatic heterocycles. The minimum atomic E-state index is 0. The van der Waals surface area contributed by atoms with Gasteiger partial charge in [-0.25, -0.2) is 0 Å². The third-order valence-electron chi connectivity index (χ3n) is 3.89. The van der Waals surface area contributed by atoms with Crippen molar-refractivity contribution in [2.75, 3.05) is 26.2 Å². The summed E-state index contributed by atoms with van der Waals surface area (Å²) in [6, 6.07) is 7.56. The quantitative estimate of drug-likeness (QED) is 0.899. The van der Waals surface area contributed by atoms with Gasteiger partial charge in [-0.15, -0.1) is 12.4 Å². The zero-order chi connectivity index (χ0) is 14.4. The lowest BCUT2D eigenvalue weighted by Gasteiger charge is -2.32. The minimum Gasteiger partial charge on any atom is -0.342 e. The predicted octanol–water partition coefficient (Wildman–Crippen LogP) is 3.15. The molecule has 0 saturated carbocycles. The van der Waals surface area contributed by atoms with Crippen molar-refractivity contribution in [2.24, 2.45) is 5.92 Å². The van der Waals surface area contributed by atoms with E-state index in [4.69, 9.17) is 11.6 Å². The number of hydrogen-bond acceptors (Lipinski definition) is 2. The van der Waals surface area contributed by atoms with E-state index in [0.29, 0.717) is 17.4 Å². The number of benzene rings is 1. The lowest BCUT2D eigenvalue weighted by atomic mass is 9.96. The van der Waals surface area contributed by atoms with Gasteiger partial charge < -0.3 is 10.2 Å². The van der Waals surface area contributed by atoms with Crippen LogP contribution in [-0.4, -0.2) is 37.0 Å². The number of piperidine rings is 1. The van der Waals surface area contributed by atoms with Crippen molar-refractivity contribution in [1.82, 2.24) is 10.2 Å². The monoisotopic (exact) mass is 330 g/mol. The van der Waals surface area contributed by atoms with E-state index in [1.165, 1.54) is 0 Å². The number of hydrogen-bond donors (Lipinski definition) is 1. The summed E-state index contributed by atoms with van der Waals surface area (Å²) in [5.74, 6) is 0.930. The van der Waals surface area contributed by atoms with Gasteiger partial charge in [0, 0.05) is 18.1 Å². The molecule has 1 amide bonds. The fourth-order valence-electron chi connectivity index (χ4n) is 2.67. The van der Waals surface area contributed by atoms with E-state index in [1.54, 1.807) is 0 Å². The fraction of sp³-hybridized carbons (Fsp3) is 0.562. The Morgan fingerprint density at radius 3 is 2.71 bits per heavy atom. The molecule has 2 rings (SSSR count). The molecule has 1 saturated heterocycles. The van der Waals surface area contributed by atoms with Gasteiger partial charge in [-0.05, 0) is 49.5 Å². The maximum absolute atomic E-state index is 12.3. The molecule has 0 bridgehead atoms. The summed E-state index contributed by atoms with van der Waals surface area (Å²) in [6.45, 7) is 6.00. The Balaban J connectivity index is 0.00000220. The minimum absolute atomic E-state index is 0. The van der Waals surface area contributed by atoms with Crippen molar-refractivity contribution < 1.29 is 4.79 Å². The molecule has 1 aliphatic rings. The first-order valence-corrected chi connectivity index (χ1v) is 7.79. The second-order valence-electron chi connectivity index (χ2n) is 5.44. The van der Waals surface area contributed by atoms with Gasteiger partial charge in [-0.2, -0.15) is 0 Å². The molecule has 0 aliphatic carbocycles. The highest BCUT2D eigenvalue weighted by molar-refractivity contribution is 6.30. The van der Waals surface area contributed by atoms with Crippen molar-refractivity contribution in [3.8, 4) is 0 Å². The first-order chi connectivity index (χ1) is 9.69. The zero-order valence-electron chi connectivity index (χ0n) is 12.5. The lowest BCUT2D eigenvalue weighted by molar-refractivity contribution is -0.131. The van der Waals surface area contributed by atoms with Gasteiger partial charge in [-0.3, -0.25) is 4.79 Å². The summed E-state index contributed by atoms with van der Waals surface area (Å²) in [4.78, 5) is 14.3. The first-order valence-electron chi connectivity index (χ1n) is 7.42. The van der Waals surface area contributed by atoms with Crippen LogP contribution in [0.1, 0.15) is 25.3 Å². The van der Waals surface area contributed by atoms with Crippen LogP contribution in [0.3, 0.4) is 0 Å². The summed E-state index contributed by atoms with van der Waals surface area (Å²) < 4.78 is 0.